The summed E-state index contributed by atoms with van der Waals surface area (Å²) in [6.45, 7) is 0. The molecule has 0 spiro atoms. The van der Waals surface area contributed by atoms with Crippen molar-refractivity contribution >= 4 is 38.9 Å². The van der Waals surface area contributed by atoms with Gasteiger partial charge in [0.15, 0.2) is 0 Å². The van der Waals surface area contributed by atoms with Crippen molar-refractivity contribution in [3.63, 3.8) is 0 Å². The molecule has 0 aliphatic rings. The van der Waals surface area contributed by atoms with Crippen LogP contribution in [0.25, 0.3) is 22.2 Å². The number of rotatable bonds is 2. The summed E-state index contributed by atoms with van der Waals surface area (Å²) in [5.41, 5.74) is 0.853. The van der Waals surface area contributed by atoms with Crippen LogP contribution in [0.4, 0.5) is 0 Å². The fourth-order valence-electron chi connectivity index (χ4n) is 1.48. The SMILES string of the molecule is Clc1ccc(-c2nc(-c3sccc3Br)no2)cc1. The molecule has 0 N–H and O–H groups in total. The molecule has 1 aromatic carbocycles. The third-order valence-electron chi connectivity index (χ3n) is 2.34. The van der Waals surface area contributed by atoms with Gasteiger partial charge in [0, 0.05) is 15.1 Å². The highest BCUT2D eigenvalue weighted by Crippen LogP contribution is 2.32. The summed E-state index contributed by atoms with van der Waals surface area (Å²) in [7, 11) is 0. The molecule has 3 rings (SSSR count). The van der Waals surface area contributed by atoms with Crippen molar-refractivity contribution in [1.29, 1.82) is 0 Å². The molecule has 0 bridgehead atoms. The molecule has 3 aromatic rings. The van der Waals surface area contributed by atoms with Crippen LogP contribution >= 0.6 is 38.9 Å². The maximum Gasteiger partial charge on any atom is 0.258 e. The van der Waals surface area contributed by atoms with Gasteiger partial charge in [-0.05, 0) is 51.6 Å². The highest BCUT2D eigenvalue weighted by molar-refractivity contribution is 9.10. The highest BCUT2D eigenvalue weighted by Gasteiger charge is 2.13. The number of thiophene rings is 1. The second kappa shape index (κ2) is 4.84. The van der Waals surface area contributed by atoms with Gasteiger partial charge in [0.1, 0.15) is 0 Å². The lowest BCUT2D eigenvalue weighted by Crippen LogP contribution is -1.78. The molecule has 0 saturated carbocycles. The van der Waals surface area contributed by atoms with Crippen molar-refractivity contribution < 1.29 is 4.52 Å². The van der Waals surface area contributed by atoms with Gasteiger partial charge in [-0.15, -0.1) is 11.3 Å². The van der Waals surface area contributed by atoms with Crippen LogP contribution in [0, 0.1) is 0 Å². The number of aromatic nitrogens is 2. The van der Waals surface area contributed by atoms with Gasteiger partial charge in [-0.25, -0.2) is 0 Å². The molecule has 0 aliphatic carbocycles. The van der Waals surface area contributed by atoms with E-state index in [0.29, 0.717) is 16.7 Å². The van der Waals surface area contributed by atoms with Gasteiger partial charge in [-0.1, -0.05) is 16.8 Å². The molecular formula is C12H6BrClN2OS. The number of benzene rings is 1. The van der Waals surface area contributed by atoms with E-state index in [2.05, 4.69) is 26.1 Å². The van der Waals surface area contributed by atoms with E-state index >= 15 is 0 Å². The maximum absolute atomic E-state index is 5.84. The lowest BCUT2D eigenvalue weighted by molar-refractivity contribution is 0.432. The minimum absolute atomic E-state index is 0.488. The first-order chi connectivity index (χ1) is 8.74. The first kappa shape index (κ1) is 11.9. The van der Waals surface area contributed by atoms with Crippen molar-refractivity contribution in [2.45, 2.75) is 0 Å². The Morgan fingerprint density at radius 1 is 1.17 bits per heavy atom. The van der Waals surface area contributed by atoms with Gasteiger partial charge in [-0.2, -0.15) is 4.98 Å². The van der Waals surface area contributed by atoms with Crippen molar-refractivity contribution in [1.82, 2.24) is 10.1 Å². The molecule has 0 amide bonds. The van der Waals surface area contributed by atoms with Gasteiger partial charge in [0.05, 0.1) is 4.88 Å². The summed E-state index contributed by atoms with van der Waals surface area (Å²) >= 11 is 10.8. The summed E-state index contributed by atoms with van der Waals surface area (Å²) < 4.78 is 6.22. The monoisotopic (exact) mass is 340 g/mol. The Hall–Kier alpha value is -1.17. The molecule has 2 heterocycles. The summed E-state index contributed by atoms with van der Waals surface area (Å²) in [4.78, 5) is 5.33. The predicted molar refractivity (Wildman–Crippen MR) is 75.8 cm³/mol. The van der Waals surface area contributed by atoms with E-state index in [4.69, 9.17) is 16.1 Å². The zero-order valence-corrected chi connectivity index (χ0v) is 12.1. The van der Waals surface area contributed by atoms with Gasteiger partial charge < -0.3 is 4.52 Å². The van der Waals surface area contributed by atoms with Crippen LogP contribution in [0.15, 0.2) is 44.7 Å². The standard InChI is InChI=1S/C12H6BrClN2OS/c13-9-5-6-18-10(9)11-15-12(17-16-11)7-1-3-8(14)4-2-7/h1-6H. The van der Waals surface area contributed by atoms with Crippen molar-refractivity contribution in [3.8, 4) is 22.2 Å². The minimum Gasteiger partial charge on any atom is -0.334 e. The van der Waals surface area contributed by atoms with Crippen molar-refractivity contribution in [3.05, 3.63) is 45.2 Å². The Bertz CT molecular complexity index is 677. The highest BCUT2D eigenvalue weighted by atomic mass is 79.9. The van der Waals surface area contributed by atoms with Gasteiger partial charge in [-0.3, -0.25) is 0 Å². The smallest absolute Gasteiger partial charge is 0.258 e. The fraction of sp³-hybridized carbons (Fsp3) is 0. The first-order valence-corrected chi connectivity index (χ1v) is 7.12. The average Bonchev–Trinajstić information content (AvgIpc) is 2.98. The van der Waals surface area contributed by atoms with Crippen LogP contribution in [0.2, 0.25) is 5.02 Å². The molecule has 0 atom stereocenters. The maximum atomic E-state index is 5.84. The largest absolute Gasteiger partial charge is 0.334 e. The van der Waals surface area contributed by atoms with Crippen molar-refractivity contribution in [2.24, 2.45) is 0 Å². The number of hydrogen-bond acceptors (Lipinski definition) is 4. The molecule has 0 saturated heterocycles. The van der Waals surface area contributed by atoms with Crippen LogP contribution in [0.1, 0.15) is 0 Å². The van der Waals surface area contributed by atoms with E-state index in [9.17, 15) is 0 Å². The molecule has 2 aromatic heterocycles. The molecule has 0 unspecified atom stereocenters. The summed E-state index contributed by atoms with van der Waals surface area (Å²) in [6.07, 6.45) is 0. The van der Waals surface area contributed by atoms with Crippen molar-refractivity contribution in [2.75, 3.05) is 0 Å². The van der Waals surface area contributed by atoms with Crippen LogP contribution in [-0.4, -0.2) is 10.1 Å². The summed E-state index contributed by atoms with van der Waals surface area (Å²) in [5, 5.41) is 6.63. The predicted octanol–water partition coefficient (Wildman–Crippen LogP) is 4.88. The zero-order valence-electron chi connectivity index (χ0n) is 8.93. The second-order valence-electron chi connectivity index (χ2n) is 3.53. The molecule has 0 fully saturated rings. The molecular weight excluding hydrogens is 336 g/mol. The van der Waals surface area contributed by atoms with Gasteiger partial charge in [0.2, 0.25) is 5.82 Å². The third-order valence-corrected chi connectivity index (χ3v) is 4.42. The van der Waals surface area contributed by atoms with E-state index in [1.807, 2.05) is 23.6 Å². The summed E-state index contributed by atoms with van der Waals surface area (Å²) in [6, 6.07) is 9.24. The van der Waals surface area contributed by atoms with E-state index < -0.39 is 0 Å². The Morgan fingerprint density at radius 3 is 2.61 bits per heavy atom. The van der Waals surface area contributed by atoms with Crippen LogP contribution in [0.5, 0.6) is 0 Å². The van der Waals surface area contributed by atoms with Crippen LogP contribution in [-0.2, 0) is 0 Å². The molecule has 90 valence electrons. The first-order valence-electron chi connectivity index (χ1n) is 5.07. The van der Waals surface area contributed by atoms with E-state index in [0.717, 1.165) is 14.9 Å². The molecule has 0 aliphatic heterocycles. The molecule has 3 nitrogen and oxygen atoms in total. The van der Waals surface area contributed by atoms with E-state index in [1.165, 1.54) is 0 Å². The van der Waals surface area contributed by atoms with E-state index in [-0.39, 0.29) is 0 Å². The lowest BCUT2D eigenvalue weighted by atomic mass is 10.2. The average molecular weight is 342 g/mol. The third kappa shape index (κ3) is 2.21. The Kier molecular flexibility index (Phi) is 3.20. The quantitative estimate of drug-likeness (QED) is 0.667. The molecule has 6 heteroatoms. The molecule has 18 heavy (non-hydrogen) atoms. The number of hydrogen-bond donors (Lipinski definition) is 0. The van der Waals surface area contributed by atoms with Gasteiger partial charge in [0.25, 0.3) is 5.89 Å². The lowest BCUT2D eigenvalue weighted by Gasteiger charge is -1.93. The van der Waals surface area contributed by atoms with Crippen LogP contribution < -0.4 is 0 Å². The minimum atomic E-state index is 0.488. The normalized spacial score (nSPS) is 10.8. The number of nitrogens with zero attached hydrogens (tertiary/aromatic N) is 2. The topological polar surface area (TPSA) is 38.9 Å². The van der Waals surface area contributed by atoms with E-state index in [1.54, 1.807) is 23.5 Å². The van der Waals surface area contributed by atoms with Crippen LogP contribution in [0.3, 0.4) is 0 Å². The fourth-order valence-corrected chi connectivity index (χ4v) is 3.08. The molecule has 0 radical (unpaired) electrons. The number of halogens is 2. The second-order valence-corrected chi connectivity index (χ2v) is 5.73. The Morgan fingerprint density at radius 2 is 1.94 bits per heavy atom. The van der Waals surface area contributed by atoms with Gasteiger partial charge >= 0.3 is 0 Å². The Balaban J connectivity index is 1.99. The Labute approximate surface area is 121 Å². The zero-order chi connectivity index (χ0) is 12.5. The summed E-state index contributed by atoms with van der Waals surface area (Å²) in [5.74, 6) is 1.07.